The van der Waals surface area contributed by atoms with E-state index in [-0.39, 0.29) is 68.8 Å². The maximum atomic E-state index is 15.6. The molecular formula is C95H122N16O19S. The number of aromatic hydroxyl groups is 2. The molecule has 15 amide bonds. The Morgan fingerprint density at radius 2 is 0.901 bits per heavy atom. The number of aromatic nitrogens is 1. The second kappa shape index (κ2) is 48.7. The largest absolute Gasteiger partial charge is 0.508 e. The number of likely N-dealkylation sites (N-methyl/N-ethyl adjacent to an activating group) is 5. The molecule has 131 heavy (non-hydrogen) atoms. The van der Waals surface area contributed by atoms with Crippen LogP contribution in [0.2, 0.25) is 0 Å². The van der Waals surface area contributed by atoms with E-state index in [0.717, 1.165) is 26.5 Å². The number of carbonyl (C=O) groups is 16. The molecule has 0 radical (unpaired) electrons. The fourth-order valence-corrected chi connectivity index (χ4v) is 16.3. The molecule has 1 saturated heterocycles. The predicted molar refractivity (Wildman–Crippen MR) is 491 cm³/mol. The van der Waals surface area contributed by atoms with Crippen LogP contribution in [-0.2, 0) is 115 Å². The van der Waals surface area contributed by atoms with Crippen molar-refractivity contribution in [3.05, 3.63) is 203 Å². The maximum absolute atomic E-state index is 15.6. The van der Waals surface area contributed by atoms with Gasteiger partial charge in [0.15, 0.2) is 0 Å². The lowest BCUT2D eigenvalue weighted by Crippen LogP contribution is -2.62. The molecule has 2 heterocycles. The number of carboxylic acids is 1. The number of amides is 15. The Morgan fingerprint density at radius 3 is 1.43 bits per heavy atom. The van der Waals surface area contributed by atoms with Gasteiger partial charge in [0, 0.05) is 95.6 Å². The van der Waals surface area contributed by atoms with E-state index < -0.39 is 204 Å². The highest BCUT2D eigenvalue weighted by molar-refractivity contribution is 8.01. The summed E-state index contributed by atoms with van der Waals surface area (Å²) >= 11 is 0.854. The molecule has 0 unspecified atom stereocenters. The van der Waals surface area contributed by atoms with Crippen molar-refractivity contribution in [2.75, 3.05) is 60.6 Å². The van der Waals surface area contributed by atoms with Gasteiger partial charge in [-0.05, 0) is 102 Å². The molecule has 7 aromatic rings. The number of phenols is 2. The lowest BCUT2D eigenvalue weighted by atomic mass is 9.98. The van der Waals surface area contributed by atoms with Crippen LogP contribution in [0, 0.1) is 11.8 Å². The van der Waals surface area contributed by atoms with Crippen molar-refractivity contribution in [2.24, 2.45) is 17.6 Å². The number of para-hydroxylation sites is 1. The van der Waals surface area contributed by atoms with Crippen LogP contribution < -0.4 is 53.6 Å². The molecule has 11 atom stereocenters. The van der Waals surface area contributed by atoms with Crippen LogP contribution >= 0.6 is 11.8 Å². The first-order valence-corrected chi connectivity index (χ1v) is 44.4. The van der Waals surface area contributed by atoms with Crippen LogP contribution in [0.5, 0.6) is 11.5 Å². The van der Waals surface area contributed by atoms with Gasteiger partial charge in [-0.1, -0.05) is 181 Å². The van der Waals surface area contributed by atoms with E-state index in [9.17, 15) is 48.9 Å². The number of nitrogens with zero attached hydrogens (tertiary/aromatic N) is 5. The van der Waals surface area contributed by atoms with Crippen LogP contribution in [-0.4, -0.2) is 271 Å². The number of thioether (sulfide) groups is 1. The number of aromatic amines is 1. The van der Waals surface area contributed by atoms with Gasteiger partial charge < -0.3 is 98.4 Å². The SMILES string of the molecule is CCCC[C@H]1C(=O)N(C)CC(=O)N[C@@H](CC(=O)O)C(=O)N[C@@H](C(C)C)C(=O)N(C)[C@@H](Cc2ccccc2)C(=O)N[C@@H](Cc2ccc(O)cc2)C(=O)N(C)CC(=O)N[C@@H](Cc2c[nH]c3ccccc23)C(=O)N[C@@H](Cc2ccc(O)cc2)C(=O)N[C@@H](CC(C)C)C(=O)N[C@H](C(=O)NCC(N)=O)C(C)(C)SCC(=O)N[C@@H](Cc2ccccc2)C(=O)N(C)[C@@H](Cc2ccccc2)C(=O)N1C. The Kier molecular flexibility index (Phi) is 38.2. The van der Waals surface area contributed by atoms with Crippen LogP contribution in [0.4, 0.5) is 0 Å². The topological polar surface area (TPSA) is 500 Å². The summed E-state index contributed by atoms with van der Waals surface area (Å²) in [5, 5.41) is 55.9. The van der Waals surface area contributed by atoms with Gasteiger partial charge in [0.1, 0.15) is 78.0 Å². The van der Waals surface area contributed by atoms with E-state index in [2.05, 4.69) is 52.8 Å². The van der Waals surface area contributed by atoms with E-state index in [1.807, 2.05) is 6.92 Å². The molecule has 0 aliphatic carbocycles. The lowest BCUT2D eigenvalue weighted by molar-refractivity contribution is -0.151. The molecular weight excluding hydrogens is 1700 g/mol. The Bertz CT molecular complexity index is 5160. The average Bonchev–Trinajstić information content (AvgIpc) is 1.03. The number of nitrogens with one attached hydrogen (secondary N) is 10. The van der Waals surface area contributed by atoms with Gasteiger partial charge in [-0.2, -0.15) is 0 Å². The van der Waals surface area contributed by atoms with Crippen molar-refractivity contribution >= 4 is 117 Å². The van der Waals surface area contributed by atoms with Gasteiger partial charge >= 0.3 is 5.97 Å². The van der Waals surface area contributed by atoms with Crippen molar-refractivity contribution < 1.29 is 92.0 Å². The van der Waals surface area contributed by atoms with Crippen molar-refractivity contribution in [3.63, 3.8) is 0 Å². The van der Waals surface area contributed by atoms with E-state index in [0.29, 0.717) is 57.1 Å². The van der Waals surface area contributed by atoms with Crippen LogP contribution in [0.25, 0.3) is 10.9 Å². The summed E-state index contributed by atoms with van der Waals surface area (Å²) in [7, 11) is 6.54. The zero-order valence-electron chi connectivity index (χ0n) is 75.9. The number of carbonyl (C=O) groups excluding carboxylic acids is 15. The number of hydrogen-bond acceptors (Lipinski definition) is 19. The first-order chi connectivity index (χ1) is 62.1. The minimum Gasteiger partial charge on any atom is -0.508 e. The van der Waals surface area contributed by atoms with Gasteiger partial charge in [0.2, 0.25) is 88.6 Å². The Labute approximate surface area is 766 Å². The number of H-pyrrole nitrogens is 1. The standard InChI is InChI=1S/C95H122N16O19S/c1-13-14-34-74-92(128)108(9)54-79(116)100-71(50-81(118)119)86(122)105-82(57(4)5)94(130)110(11)75(47-59-28-20-16-21-29-59)88(124)104-72(46-62-37-41-65(113)42-38-62)90(126)107(8)53-78(115)99-70(49-63-51-97-67-33-25-24-32-66(63)67)85(121)103-69(44-61-35-39-64(112)40-36-61)84(120)102-68(43-56(2)3)87(123)106-83(89(125)98-52-77(96)114)95(6,7)131-55-80(117)101-73(45-58-26-18-15-19-27-58)91(127)111(12)76(93(129)109(74)10)48-60-30-22-17-23-31-60/h15-33,35-42,51,56-57,68-76,82-83,97,112-113H,13-14,34,43-50,52-55H2,1-12H3,(H2,96,114)(H,98,125)(H,99,115)(H,100,116)(H,101,117)(H,102,120)(H,103,121)(H,104,124)(H,105,122)(H,106,123)(H,118,119)/t68-,69-,70-,71-,72-,73-,74-,75-,76-,82-,83+/m0/s1. The number of phenolic OH excluding ortho intramolecular Hbond substituents is 2. The zero-order chi connectivity index (χ0) is 96.1. The summed E-state index contributed by atoms with van der Waals surface area (Å²) in [5.74, 6) is -17.2. The minimum atomic E-state index is -1.91. The monoisotopic (exact) mass is 1820 g/mol. The van der Waals surface area contributed by atoms with Gasteiger partial charge in [-0.3, -0.25) is 76.7 Å². The van der Waals surface area contributed by atoms with Crippen molar-refractivity contribution in [1.82, 2.24) is 77.3 Å². The summed E-state index contributed by atoms with van der Waals surface area (Å²) in [6, 6.07) is 27.1. The van der Waals surface area contributed by atoms with Crippen molar-refractivity contribution in [3.8, 4) is 11.5 Å². The number of unbranched alkanes of at least 4 members (excludes halogenated alkanes) is 1. The first-order valence-electron chi connectivity index (χ1n) is 43.5. The molecule has 0 bridgehead atoms. The molecule has 6 aromatic carbocycles. The summed E-state index contributed by atoms with van der Waals surface area (Å²) in [4.78, 5) is 245. The normalized spacial score (nSPS) is 22.2. The molecule has 1 aromatic heterocycles. The molecule has 36 heteroatoms. The fraction of sp³-hybridized carbons (Fsp3) is 0.432. The summed E-state index contributed by atoms with van der Waals surface area (Å²) in [6.45, 7) is 9.20. The molecule has 702 valence electrons. The molecule has 1 aliphatic heterocycles. The molecule has 1 fully saturated rings. The lowest BCUT2D eigenvalue weighted by Gasteiger charge is -2.37. The maximum Gasteiger partial charge on any atom is 0.305 e. The van der Waals surface area contributed by atoms with Crippen molar-refractivity contribution in [1.29, 1.82) is 0 Å². The number of aliphatic carboxylic acids is 1. The zero-order valence-corrected chi connectivity index (χ0v) is 76.7. The highest BCUT2D eigenvalue weighted by Crippen LogP contribution is 2.30. The number of benzene rings is 6. The number of rotatable bonds is 23. The Balaban J connectivity index is 1.23. The minimum absolute atomic E-state index is 0.0263. The highest BCUT2D eigenvalue weighted by atomic mass is 32.2. The number of nitrogens with two attached hydrogens (primary N) is 1. The second-order valence-corrected chi connectivity index (χ2v) is 35.9. The Morgan fingerprint density at radius 1 is 0.466 bits per heavy atom. The van der Waals surface area contributed by atoms with E-state index in [1.165, 1.54) is 107 Å². The molecule has 0 spiro atoms. The van der Waals surface area contributed by atoms with Crippen LogP contribution in [0.15, 0.2) is 170 Å². The quantitative estimate of drug-likeness (QED) is 0.0437. The molecule has 8 rings (SSSR count). The van der Waals surface area contributed by atoms with Crippen LogP contribution in [0.1, 0.15) is 114 Å². The number of carboxylic acid groups (broad SMARTS) is 1. The third-order valence-electron chi connectivity index (χ3n) is 22.7. The van der Waals surface area contributed by atoms with Crippen molar-refractivity contribution in [2.45, 2.75) is 190 Å². The number of fused-ring (bicyclic) bond motifs is 1. The molecule has 35 nitrogen and oxygen atoms in total. The van der Waals surface area contributed by atoms with Gasteiger partial charge in [-0.25, -0.2) is 0 Å². The second-order valence-electron chi connectivity index (χ2n) is 34.3. The van der Waals surface area contributed by atoms with E-state index in [4.69, 9.17) is 5.73 Å². The third-order valence-corrected chi connectivity index (χ3v) is 24.1. The fourth-order valence-electron chi connectivity index (χ4n) is 15.3. The average molecular weight is 1820 g/mol. The highest BCUT2D eigenvalue weighted by Gasteiger charge is 2.44. The van der Waals surface area contributed by atoms with Gasteiger partial charge in [0.05, 0.1) is 31.8 Å². The molecule has 1 aliphatic rings. The molecule has 0 saturated carbocycles. The smallest absolute Gasteiger partial charge is 0.305 e. The summed E-state index contributed by atoms with van der Waals surface area (Å²) < 4.78 is -1.54. The Hall–Kier alpha value is -13.7. The number of primary amides is 1. The van der Waals surface area contributed by atoms with E-state index in [1.54, 1.807) is 149 Å². The molecule has 15 N–H and O–H groups in total. The summed E-state index contributed by atoms with van der Waals surface area (Å²) in [5.41, 5.74) is 9.17. The summed E-state index contributed by atoms with van der Waals surface area (Å²) in [6.07, 6.45) is 0.0380. The van der Waals surface area contributed by atoms with E-state index >= 15 is 43.2 Å². The third kappa shape index (κ3) is 30.5. The van der Waals surface area contributed by atoms with Gasteiger partial charge in [0.25, 0.3) is 0 Å². The van der Waals surface area contributed by atoms with Gasteiger partial charge in [-0.15, -0.1) is 11.8 Å². The van der Waals surface area contributed by atoms with Crippen LogP contribution in [0.3, 0.4) is 0 Å². The number of hydrogen-bond donors (Lipinski definition) is 14. The predicted octanol–water partition coefficient (Wildman–Crippen LogP) is 3.11. The first kappa shape index (κ1) is 103.